The predicted octanol–water partition coefficient (Wildman–Crippen LogP) is 11.4. The molecule has 0 amide bonds. The van der Waals surface area contributed by atoms with Gasteiger partial charge in [-0.25, -0.2) is 8.42 Å². The predicted molar refractivity (Wildman–Crippen MR) is 198 cm³/mol. The molecule has 0 saturated carbocycles. The lowest BCUT2D eigenvalue weighted by Crippen LogP contribution is -2.09. The molecule has 3 nitrogen and oxygen atoms in total. The second-order valence-electron chi connectivity index (χ2n) is 10.9. The number of hydrogen-bond donors (Lipinski definition) is 0. The maximum absolute atomic E-state index is 14.2. The molecule has 8 aromatic carbocycles. The smallest absolute Gasteiger partial charge is 0.0856 e. The summed E-state index contributed by atoms with van der Waals surface area (Å²) in [6.07, 6.45) is 0. The molecular weight excluding hydrogens is 615 g/mol. The van der Waals surface area contributed by atoms with Crippen LogP contribution in [0.4, 0.5) is 17.1 Å². The third kappa shape index (κ3) is 5.62. The van der Waals surface area contributed by atoms with Crippen molar-refractivity contribution >= 4 is 71.0 Å². The third-order valence-electron chi connectivity index (χ3n) is 8.23. The molecule has 0 radical (unpaired) electrons. The Kier molecular flexibility index (Phi) is 8.66. The van der Waals surface area contributed by atoms with Crippen LogP contribution in [0.15, 0.2) is 183 Å². The van der Waals surface area contributed by atoms with E-state index in [-0.39, 0.29) is 0 Å². The molecule has 2 atom stereocenters. The van der Waals surface area contributed by atoms with Crippen molar-refractivity contribution in [3.05, 3.63) is 164 Å². The molecule has 0 bridgehead atoms. The van der Waals surface area contributed by atoms with Crippen molar-refractivity contribution in [1.82, 2.24) is 0 Å². The van der Waals surface area contributed by atoms with Gasteiger partial charge in [-0.1, -0.05) is 111 Å². The normalized spacial score (nSPS) is 12.5. The molecule has 0 aliphatic carbocycles. The van der Waals surface area contributed by atoms with Gasteiger partial charge in [0.05, 0.1) is 31.4 Å². The molecule has 0 aromatic heterocycles. The fourth-order valence-corrected chi connectivity index (χ4v) is 8.80. The van der Waals surface area contributed by atoms with Crippen LogP contribution in [-0.4, -0.2) is 8.42 Å². The first kappa shape index (κ1) is 30.5. The highest BCUT2D eigenvalue weighted by Gasteiger charge is 2.23. The van der Waals surface area contributed by atoms with Crippen molar-refractivity contribution in [3.63, 3.8) is 0 Å². The Morgan fingerprint density at radius 3 is 1.19 bits per heavy atom. The SMILES string of the molecule is CC.O=S(c1ccccc1)c1cc(S(=O)c2ccccc2)c2ccc3cc(N(c4ccccc4)c4ccccc4)cc4ccc1c2c43. The summed E-state index contributed by atoms with van der Waals surface area (Å²) in [5.74, 6) is 0. The van der Waals surface area contributed by atoms with Crippen molar-refractivity contribution in [3.8, 4) is 0 Å². The second-order valence-corrected chi connectivity index (χ2v) is 13.8. The Bertz CT molecular complexity index is 2180. The van der Waals surface area contributed by atoms with E-state index in [4.69, 9.17) is 0 Å². The Balaban J connectivity index is 0.00000172. The van der Waals surface area contributed by atoms with Gasteiger partial charge in [0.2, 0.25) is 0 Å². The molecule has 8 rings (SSSR count). The number of hydrogen-bond acceptors (Lipinski definition) is 3. The Morgan fingerprint density at radius 1 is 0.404 bits per heavy atom. The van der Waals surface area contributed by atoms with Gasteiger partial charge in [-0.15, -0.1) is 0 Å². The van der Waals surface area contributed by atoms with Crippen molar-refractivity contribution in [2.45, 2.75) is 33.4 Å². The lowest BCUT2D eigenvalue weighted by atomic mass is 9.93. The summed E-state index contributed by atoms with van der Waals surface area (Å²) in [6.45, 7) is 4.00. The number of rotatable bonds is 7. The maximum atomic E-state index is 14.2. The Morgan fingerprint density at radius 2 is 0.787 bits per heavy atom. The molecule has 0 saturated heterocycles. The van der Waals surface area contributed by atoms with Crippen LogP contribution < -0.4 is 4.90 Å². The van der Waals surface area contributed by atoms with E-state index in [1.165, 1.54) is 0 Å². The quantitative estimate of drug-likeness (QED) is 0.162. The Labute approximate surface area is 280 Å². The lowest BCUT2D eigenvalue weighted by molar-refractivity contribution is 0.682. The average molecular weight is 648 g/mol. The third-order valence-corrected chi connectivity index (χ3v) is 11.1. The van der Waals surface area contributed by atoms with E-state index in [2.05, 4.69) is 89.8 Å². The van der Waals surface area contributed by atoms with Crippen LogP contribution >= 0.6 is 0 Å². The highest BCUT2D eigenvalue weighted by atomic mass is 32.2. The summed E-state index contributed by atoms with van der Waals surface area (Å²) in [5.41, 5.74) is 3.18. The molecule has 0 fully saturated rings. The van der Waals surface area contributed by atoms with Crippen molar-refractivity contribution < 1.29 is 8.42 Å². The van der Waals surface area contributed by atoms with Crippen molar-refractivity contribution in [2.75, 3.05) is 4.90 Å². The molecule has 230 valence electrons. The topological polar surface area (TPSA) is 37.4 Å². The summed E-state index contributed by atoms with van der Waals surface area (Å²) in [5, 5.41) is 6.02. The minimum absolute atomic E-state index is 0.668. The molecule has 0 heterocycles. The van der Waals surface area contributed by atoms with Crippen LogP contribution in [0, 0.1) is 0 Å². The van der Waals surface area contributed by atoms with E-state index in [1.54, 1.807) is 0 Å². The lowest BCUT2D eigenvalue weighted by Gasteiger charge is -2.26. The minimum Gasteiger partial charge on any atom is -0.310 e. The first-order valence-corrected chi connectivity index (χ1v) is 18.1. The number of benzene rings is 8. The average Bonchev–Trinajstić information content (AvgIpc) is 3.15. The molecule has 8 aromatic rings. The highest BCUT2D eigenvalue weighted by molar-refractivity contribution is 7.86. The van der Waals surface area contributed by atoms with E-state index < -0.39 is 21.6 Å². The summed E-state index contributed by atoms with van der Waals surface area (Å²) < 4.78 is 28.3. The van der Waals surface area contributed by atoms with Gasteiger partial charge < -0.3 is 4.90 Å². The number of para-hydroxylation sites is 2. The first-order chi connectivity index (χ1) is 23.2. The van der Waals surface area contributed by atoms with E-state index in [9.17, 15) is 8.42 Å². The molecular formula is C42H33NO2S2. The molecule has 47 heavy (non-hydrogen) atoms. The van der Waals surface area contributed by atoms with Crippen LogP contribution in [0.5, 0.6) is 0 Å². The second kappa shape index (κ2) is 13.3. The molecule has 0 aliphatic heterocycles. The fraction of sp³-hybridized carbons (Fsp3) is 0.0476. The highest BCUT2D eigenvalue weighted by Crippen LogP contribution is 2.44. The summed E-state index contributed by atoms with van der Waals surface area (Å²) in [4.78, 5) is 5.03. The number of anilines is 3. The van der Waals surface area contributed by atoms with Crippen LogP contribution in [0.1, 0.15) is 13.8 Å². The van der Waals surface area contributed by atoms with Crippen LogP contribution in [0.25, 0.3) is 32.3 Å². The number of nitrogens with zero attached hydrogens (tertiary/aromatic N) is 1. The zero-order valence-electron chi connectivity index (χ0n) is 26.2. The van der Waals surface area contributed by atoms with Crippen molar-refractivity contribution in [2.24, 2.45) is 0 Å². The van der Waals surface area contributed by atoms with Crippen LogP contribution in [0.3, 0.4) is 0 Å². The van der Waals surface area contributed by atoms with Gasteiger partial charge in [-0.05, 0) is 99.0 Å². The van der Waals surface area contributed by atoms with Gasteiger partial charge in [-0.3, -0.25) is 0 Å². The van der Waals surface area contributed by atoms with E-state index >= 15 is 0 Å². The van der Waals surface area contributed by atoms with Gasteiger partial charge in [0.15, 0.2) is 0 Å². The van der Waals surface area contributed by atoms with Gasteiger partial charge in [0.1, 0.15) is 0 Å². The monoisotopic (exact) mass is 647 g/mol. The molecule has 0 spiro atoms. The standard InChI is InChI=1S/C40H27NO2S2.C2H6/c42-44(33-17-9-3-10-18-33)37-27-38(45(43)34-19-11-4-12-20-34)36-24-22-29-26-32(25-28-21-23-35(37)40(36)39(28)29)41(30-13-5-1-6-14-30)31-15-7-2-8-16-31;1-2/h1-27H;1-2H3. The molecule has 0 N–H and O–H groups in total. The minimum atomic E-state index is -1.47. The summed E-state index contributed by atoms with van der Waals surface area (Å²) >= 11 is 0. The van der Waals surface area contributed by atoms with Crippen LogP contribution in [-0.2, 0) is 21.6 Å². The van der Waals surface area contributed by atoms with E-state index in [0.717, 1.165) is 49.4 Å². The zero-order valence-corrected chi connectivity index (χ0v) is 27.8. The van der Waals surface area contributed by atoms with Crippen molar-refractivity contribution in [1.29, 1.82) is 0 Å². The molecule has 0 aliphatic rings. The van der Waals surface area contributed by atoms with Gasteiger partial charge in [0, 0.05) is 26.9 Å². The summed E-state index contributed by atoms with van der Waals surface area (Å²) in [7, 11) is -2.93. The largest absolute Gasteiger partial charge is 0.310 e. The first-order valence-electron chi connectivity index (χ1n) is 15.8. The molecule has 2 unspecified atom stereocenters. The zero-order chi connectivity index (χ0) is 32.3. The van der Waals surface area contributed by atoms with E-state index in [0.29, 0.717) is 19.6 Å². The van der Waals surface area contributed by atoms with E-state index in [1.807, 2.05) is 92.7 Å². The Hall–Kier alpha value is -5.10. The van der Waals surface area contributed by atoms with Gasteiger partial charge in [0.25, 0.3) is 0 Å². The van der Waals surface area contributed by atoms with Crippen LogP contribution in [0.2, 0.25) is 0 Å². The van der Waals surface area contributed by atoms with Gasteiger partial charge >= 0.3 is 0 Å². The van der Waals surface area contributed by atoms with Gasteiger partial charge in [-0.2, -0.15) is 0 Å². The summed E-state index contributed by atoms with van der Waals surface area (Å²) in [6, 6.07) is 54.5. The fourth-order valence-electron chi connectivity index (χ4n) is 6.21. The maximum Gasteiger partial charge on any atom is 0.0856 e. The molecule has 5 heteroatoms.